The summed E-state index contributed by atoms with van der Waals surface area (Å²) in [6.07, 6.45) is -2.80. The van der Waals surface area contributed by atoms with Crippen molar-refractivity contribution in [2.45, 2.75) is 19.1 Å². The van der Waals surface area contributed by atoms with Crippen LogP contribution in [0.3, 0.4) is 0 Å². The normalized spacial score (nSPS) is 12.6. The summed E-state index contributed by atoms with van der Waals surface area (Å²) in [5, 5.41) is 15.3. The number of benzene rings is 1. The standard InChI is InChI=1S/C24H22Cl3N5O4S.C2HF3O2/c1-32(24-28-6-3-7-36-24)11-13-12-37-21(19(13)27)23(34)31-20-16(8-15(26)9-17(20)35-2)22(33)30-18-5-4-14(25)10-29-18;3-2(4,5)1(6)7/h4-5,8-10,12H,3,6-7,11H2,1-2H3,(H,31,34)(H,29,30,33);(H,6,7). The quantitative estimate of drug-likeness (QED) is 0.256. The molecule has 3 heterocycles. The topological polar surface area (TPSA) is 142 Å². The van der Waals surface area contributed by atoms with Crippen LogP contribution in [0.2, 0.25) is 15.1 Å². The number of amides is 2. The van der Waals surface area contributed by atoms with Crippen LogP contribution in [0.25, 0.3) is 0 Å². The van der Waals surface area contributed by atoms with Crippen molar-refractivity contribution in [3.05, 3.63) is 66.9 Å². The van der Waals surface area contributed by atoms with E-state index in [0.29, 0.717) is 35.8 Å². The number of hydrogen-bond acceptors (Lipinski definition) is 9. The number of halogens is 6. The Hall–Kier alpha value is -3.79. The van der Waals surface area contributed by atoms with E-state index in [9.17, 15) is 22.8 Å². The Kier molecular flexibility index (Phi) is 12.0. The number of thiophene rings is 1. The van der Waals surface area contributed by atoms with Crippen molar-refractivity contribution in [2.75, 3.05) is 37.9 Å². The van der Waals surface area contributed by atoms with Crippen molar-refractivity contribution in [1.82, 2.24) is 9.88 Å². The zero-order valence-electron chi connectivity index (χ0n) is 22.8. The lowest BCUT2D eigenvalue weighted by Crippen LogP contribution is -2.31. The number of amidine groups is 1. The van der Waals surface area contributed by atoms with Gasteiger partial charge in [0.2, 0.25) is 0 Å². The van der Waals surface area contributed by atoms with Crippen molar-refractivity contribution >= 4 is 81.5 Å². The van der Waals surface area contributed by atoms with E-state index in [-0.39, 0.29) is 32.7 Å². The van der Waals surface area contributed by atoms with E-state index in [1.807, 2.05) is 11.9 Å². The monoisotopic (exact) mass is 695 g/mol. The van der Waals surface area contributed by atoms with Crippen LogP contribution >= 0.6 is 46.1 Å². The van der Waals surface area contributed by atoms with E-state index in [1.54, 1.807) is 17.5 Å². The summed E-state index contributed by atoms with van der Waals surface area (Å²) in [6, 6.07) is 6.60. The number of carboxylic acids is 1. The number of aliphatic carboxylic acids is 1. The first-order chi connectivity index (χ1) is 20.7. The number of pyridine rings is 1. The molecule has 0 fully saturated rings. The average molecular weight is 697 g/mol. The molecule has 0 bridgehead atoms. The van der Waals surface area contributed by atoms with Crippen molar-refractivity contribution < 1.29 is 42.1 Å². The SMILES string of the molecule is COc1cc(Cl)cc(C(=O)Nc2ccc(Cl)cn2)c1NC(=O)c1scc(CN(C)C2=NCCCO2)c1Cl.O=C(O)C(F)(F)F. The third-order valence-electron chi connectivity index (χ3n) is 5.50. The Morgan fingerprint density at radius 3 is 2.41 bits per heavy atom. The van der Waals surface area contributed by atoms with Gasteiger partial charge in [0.25, 0.3) is 17.8 Å². The molecule has 1 aliphatic heterocycles. The van der Waals surface area contributed by atoms with Gasteiger partial charge in [-0.1, -0.05) is 34.8 Å². The first-order valence-electron chi connectivity index (χ1n) is 12.3. The average Bonchev–Trinajstić information content (AvgIpc) is 3.34. The predicted molar refractivity (Wildman–Crippen MR) is 161 cm³/mol. The van der Waals surface area contributed by atoms with Gasteiger partial charge in [-0.3, -0.25) is 9.59 Å². The molecule has 3 aromatic rings. The number of carboxylic acid groups (broad SMARTS) is 1. The molecule has 3 N–H and O–H groups in total. The van der Waals surface area contributed by atoms with Gasteiger partial charge in [-0.05, 0) is 23.6 Å². The van der Waals surface area contributed by atoms with E-state index < -0.39 is 24.0 Å². The number of hydrogen-bond donors (Lipinski definition) is 3. The molecule has 2 amide bonds. The van der Waals surface area contributed by atoms with E-state index in [1.165, 1.54) is 36.8 Å². The van der Waals surface area contributed by atoms with Gasteiger partial charge < -0.3 is 30.1 Å². The van der Waals surface area contributed by atoms with E-state index >= 15 is 0 Å². The highest BCUT2D eigenvalue weighted by Crippen LogP contribution is 2.35. The molecular weight excluding hydrogens is 674 g/mol. The van der Waals surface area contributed by atoms with Crippen molar-refractivity contribution in [3.63, 3.8) is 0 Å². The third-order valence-corrected chi connectivity index (χ3v) is 7.52. The number of anilines is 2. The molecule has 0 saturated carbocycles. The molecule has 1 aliphatic rings. The number of methoxy groups -OCH3 is 1. The zero-order chi connectivity index (χ0) is 32.6. The molecule has 4 rings (SSSR count). The first-order valence-corrected chi connectivity index (χ1v) is 14.3. The van der Waals surface area contributed by atoms with Crippen LogP contribution in [0.5, 0.6) is 5.75 Å². The van der Waals surface area contributed by atoms with Crippen molar-refractivity contribution in [1.29, 1.82) is 0 Å². The van der Waals surface area contributed by atoms with Crippen LogP contribution < -0.4 is 15.4 Å². The third kappa shape index (κ3) is 9.35. The minimum Gasteiger partial charge on any atom is -0.494 e. The Morgan fingerprint density at radius 2 is 1.84 bits per heavy atom. The molecule has 0 aliphatic carbocycles. The smallest absolute Gasteiger partial charge is 0.490 e. The van der Waals surface area contributed by atoms with E-state index in [4.69, 9.17) is 54.2 Å². The molecule has 2 aromatic heterocycles. The van der Waals surface area contributed by atoms with Gasteiger partial charge in [0.15, 0.2) is 0 Å². The molecule has 0 spiro atoms. The maximum absolute atomic E-state index is 13.3. The number of rotatable bonds is 7. The largest absolute Gasteiger partial charge is 0.494 e. The summed E-state index contributed by atoms with van der Waals surface area (Å²) >= 11 is 19.8. The lowest BCUT2D eigenvalue weighted by molar-refractivity contribution is -0.192. The lowest BCUT2D eigenvalue weighted by atomic mass is 10.1. The summed E-state index contributed by atoms with van der Waals surface area (Å²) < 4.78 is 42.7. The highest BCUT2D eigenvalue weighted by molar-refractivity contribution is 7.13. The zero-order valence-corrected chi connectivity index (χ0v) is 25.9. The second-order valence-corrected chi connectivity index (χ2v) is 10.9. The predicted octanol–water partition coefficient (Wildman–Crippen LogP) is 6.46. The van der Waals surface area contributed by atoms with Gasteiger partial charge in [-0.15, -0.1) is 11.3 Å². The van der Waals surface area contributed by atoms with E-state index in [2.05, 4.69) is 20.6 Å². The molecule has 0 saturated heterocycles. The number of aromatic nitrogens is 1. The second-order valence-electron chi connectivity index (χ2n) is 8.73. The van der Waals surface area contributed by atoms with Gasteiger partial charge in [-0.25, -0.2) is 14.8 Å². The molecular formula is C26H23Cl3F3N5O6S. The van der Waals surface area contributed by atoms with Crippen LogP contribution in [0.4, 0.5) is 24.7 Å². The van der Waals surface area contributed by atoms with Crippen molar-refractivity contribution in [3.8, 4) is 5.75 Å². The molecule has 18 heteroatoms. The number of carbonyl (C=O) groups is 3. The maximum Gasteiger partial charge on any atom is 0.490 e. The molecule has 11 nitrogen and oxygen atoms in total. The molecule has 236 valence electrons. The van der Waals surface area contributed by atoms with Gasteiger partial charge in [0.1, 0.15) is 16.4 Å². The number of nitrogens with zero attached hydrogens (tertiary/aromatic N) is 3. The fourth-order valence-corrected chi connectivity index (χ4v) is 5.06. The summed E-state index contributed by atoms with van der Waals surface area (Å²) in [5.41, 5.74) is 0.956. The summed E-state index contributed by atoms with van der Waals surface area (Å²) in [7, 11) is 3.25. The van der Waals surface area contributed by atoms with Gasteiger partial charge in [0.05, 0.1) is 35.0 Å². The number of aliphatic imine (C=N–C) groups is 1. The second kappa shape index (κ2) is 15.3. The number of carbonyl (C=O) groups excluding carboxylic acids is 2. The number of alkyl halides is 3. The Balaban J connectivity index is 0.000000676. The molecule has 44 heavy (non-hydrogen) atoms. The lowest BCUT2D eigenvalue weighted by Gasteiger charge is -2.23. The molecule has 0 atom stereocenters. The first kappa shape index (κ1) is 34.7. The Bertz CT molecular complexity index is 1550. The maximum atomic E-state index is 13.3. The van der Waals surface area contributed by atoms with Crippen LogP contribution in [0, 0.1) is 0 Å². The van der Waals surface area contributed by atoms with Gasteiger partial charge in [-0.2, -0.15) is 13.2 Å². The summed E-state index contributed by atoms with van der Waals surface area (Å²) in [5.74, 6) is -3.34. The van der Waals surface area contributed by atoms with Gasteiger partial charge >= 0.3 is 12.1 Å². The summed E-state index contributed by atoms with van der Waals surface area (Å²) in [6.45, 7) is 1.73. The van der Waals surface area contributed by atoms with Gasteiger partial charge in [0, 0.05) is 49.4 Å². The molecule has 0 unspecified atom stereocenters. The summed E-state index contributed by atoms with van der Waals surface area (Å²) in [4.78, 5) is 45.8. The Labute approximate surface area is 267 Å². The number of ether oxygens (including phenoxy) is 2. The van der Waals surface area contributed by atoms with E-state index in [0.717, 1.165) is 12.0 Å². The molecule has 1 aromatic carbocycles. The number of nitrogens with one attached hydrogen (secondary N) is 2. The highest BCUT2D eigenvalue weighted by atomic mass is 35.5. The van der Waals surface area contributed by atoms with Crippen LogP contribution in [0.1, 0.15) is 32.0 Å². The fourth-order valence-electron chi connectivity index (χ4n) is 3.50. The molecule has 0 radical (unpaired) electrons. The highest BCUT2D eigenvalue weighted by Gasteiger charge is 2.38. The van der Waals surface area contributed by atoms with Crippen LogP contribution in [0.15, 0.2) is 40.8 Å². The fraction of sp³-hybridized carbons (Fsp3) is 0.269. The minimum absolute atomic E-state index is 0.0783. The minimum atomic E-state index is -5.08. The van der Waals surface area contributed by atoms with Crippen molar-refractivity contribution in [2.24, 2.45) is 4.99 Å². The van der Waals surface area contributed by atoms with Crippen LogP contribution in [-0.4, -0.2) is 72.3 Å². The van der Waals surface area contributed by atoms with Crippen LogP contribution in [-0.2, 0) is 16.1 Å². The Morgan fingerprint density at radius 1 is 1.14 bits per heavy atom.